The van der Waals surface area contributed by atoms with Crippen LogP contribution in [0, 0.1) is 5.92 Å². The Bertz CT molecular complexity index is 216. The van der Waals surface area contributed by atoms with Crippen LogP contribution in [0.2, 0.25) is 0 Å². The van der Waals surface area contributed by atoms with Gasteiger partial charge in [0, 0.05) is 25.3 Å². The highest BCUT2D eigenvalue weighted by Gasteiger charge is 2.66. The third kappa shape index (κ3) is 0.311. The van der Waals surface area contributed by atoms with Gasteiger partial charge in [-0.2, -0.15) is 0 Å². The zero-order valence-corrected chi connectivity index (χ0v) is 5.67. The summed E-state index contributed by atoms with van der Waals surface area (Å²) < 4.78 is 5.42. The van der Waals surface area contributed by atoms with Crippen LogP contribution in [0.5, 0.6) is 0 Å². The summed E-state index contributed by atoms with van der Waals surface area (Å²) in [4.78, 5) is 13.0. The van der Waals surface area contributed by atoms with Crippen molar-refractivity contribution in [1.82, 2.24) is 4.90 Å². The van der Waals surface area contributed by atoms with Gasteiger partial charge >= 0.3 is 0 Å². The summed E-state index contributed by atoms with van der Waals surface area (Å²) in [6, 6.07) is 0. The highest BCUT2D eigenvalue weighted by atomic mass is 16.6. The molecule has 3 aliphatic heterocycles. The molecule has 0 aromatic rings. The average Bonchev–Trinajstić information content (AvgIpc) is 2.21. The van der Waals surface area contributed by atoms with Crippen LogP contribution in [0.15, 0.2) is 0 Å². The number of ether oxygens (including phenoxy) is 1. The minimum absolute atomic E-state index is 0.0723. The van der Waals surface area contributed by atoms with E-state index in [2.05, 4.69) is 0 Å². The Labute approximate surface area is 58.9 Å². The molecule has 3 heteroatoms. The maximum absolute atomic E-state index is 11.1. The summed E-state index contributed by atoms with van der Waals surface area (Å²) >= 11 is 0. The molecular formula is C7H9NO2. The standard InChI is InChI=1S/C7H9NO2/c9-6-1-2-7-5(4-10-7)3-8(6)7/h5H,1-4H2. The van der Waals surface area contributed by atoms with E-state index in [9.17, 15) is 4.79 Å². The highest BCUT2D eigenvalue weighted by Crippen LogP contribution is 2.52. The first-order valence-corrected chi connectivity index (χ1v) is 3.77. The molecule has 0 aromatic carbocycles. The van der Waals surface area contributed by atoms with Crippen LogP contribution in [0.25, 0.3) is 0 Å². The minimum Gasteiger partial charge on any atom is -0.355 e. The van der Waals surface area contributed by atoms with Crippen molar-refractivity contribution in [3.63, 3.8) is 0 Å². The number of amides is 1. The molecule has 10 heavy (non-hydrogen) atoms. The maximum atomic E-state index is 11.1. The second kappa shape index (κ2) is 1.23. The van der Waals surface area contributed by atoms with E-state index in [-0.39, 0.29) is 11.6 Å². The van der Waals surface area contributed by atoms with E-state index in [4.69, 9.17) is 4.74 Å². The normalized spacial score (nSPS) is 49.4. The van der Waals surface area contributed by atoms with Gasteiger partial charge in [-0.3, -0.25) is 4.79 Å². The van der Waals surface area contributed by atoms with Crippen molar-refractivity contribution in [2.45, 2.75) is 18.6 Å². The zero-order chi connectivity index (χ0) is 6.77. The third-order valence-electron chi connectivity index (χ3n) is 3.03. The van der Waals surface area contributed by atoms with Crippen LogP contribution >= 0.6 is 0 Å². The molecule has 54 valence electrons. The first-order valence-electron chi connectivity index (χ1n) is 3.77. The van der Waals surface area contributed by atoms with E-state index >= 15 is 0 Å². The number of hydrogen-bond acceptors (Lipinski definition) is 2. The first kappa shape index (κ1) is 5.13. The van der Waals surface area contributed by atoms with Crippen molar-refractivity contribution in [3.8, 4) is 0 Å². The van der Waals surface area contributed by atoms with Gasteiger partial charge in [0.2, 0.25) is 5.91 Å². The lowest BCUT2D eigenvalue weighted by atomic mass is 9.80. The largest absolute Gasteiger partial charge is 0.355 e. The van der Waals surface area contributed by atoms with E-state index in [0.717, 1.165) is 19.6 Å². The molecule has 3 heterocycles. The molecule has 1 amide bonds. The SMILES string of the molecule is O=C1CCC23OCC2CN13. The van der Waals surface area contributed by atoms with Crippen molar-refractivity contribution in [3.05, 3.63) is 0 Å². The Balaban J connectivity index is 1.98. The van der Waals surface area contributed by atoms with E-state index in [1.807, 2.05) is 4.90 Å². The third-order valence-corrected chi connectivity index (χ3v) is 3.03. The van der Waals surface area contributed by atoms with Crippen molar-refractivity contribution in [1.29, 1.82) is 0 Å². The Hall–Kier alpha value is -0.570. The first-order chi connectivity index (χ1) is 4.83. The van der Waals surface area contributed by atoms with Gasteiger partial charge in [0.15, 0.2) is 5.72 Å². The molecule has 2 unspecified atom stereocenters. The molecule has 0 radical (unpaired) electrons. The molecule has 3 rings (SSSR count). The monoisotopic (exact) mass is 139 g/mol. The number of carbonyl (C=O) groups excluding carboxylic acids is 1. The lowest BCUT2D eigenvalue weighted by Gasteiger charge is -2.61. The number of hydrogen-bond donors (Lipinski definition) is 0. The van der Waals surface area contributed by atoms with Gasteiger partial charge in [-0.05, 0) is 0 Å². The highest BCUT2D eigenvalue weighted by molar-refractivity contribution is 5.81. The van der Waals surface area contributed by atoms with Gasteiger partial charge < -0.3 is 9.64 Å². The second-order valence-corrected chi connectivity index (χ2v) is 3.36. The Morgan fingerprint density at radius 1 is 1.70 bits per heavy atom. The van der Waals surface area contributed by atoms with Gasteiger partial charge in [0.05, 0.1) is 6.61 Å². The van der Waals surface area contributed by atoms with Crippen LogP contribution in [0.1, 0.15) is 12.8 Å². The van der Waals surface area contributed by atoms with E-state index in [0.29, 0.717) is 12.3 Å². The predicted molar refractivity (Wildman–Crippen MR) is 33.1 cm³/mol. The smallest absolute Gasteiger partial charge is 0.225 e. The van der Waals surface area contributed by atoms with E-state index < -0.39 is 0 Å². The van der Waals surface area contributed by atoms with Crippen LogP contribution in [0.4, 0.5) is 0 Å². The van der Waals surface area contributed by atoms with Gasteiger partial charge in [0.1, 0.15) is 0 Å². The molecule has 0 N–H and O–H groups in total. The predicted octanol–water partition coefficient (Wildman–Crippen LogP) is -0.0349. The van der Waals surface area contributed by atoms with Crippen LogP contribution < -0.4 is 0 Å². The van der Waals surface area contributed by atoms with Crippen LogP contribution in [0.3, 0.4) is 0 Å². The van der Waals surface area contributed by atoms with Crippen molar-refractivity contribution in [2.75, 3.05) is 13.2 Å². The summed E-state index contributed by atoms with van der Waals surface area (Å²) in [5.41, 5.74) is -0.0723. The molecule has 0 aromatic heterocycles. The molecule has 3 nitrogen and oxygen atoms in total. The topological polar surface area (TPSA) is 29.5 Å². The summed E-state index contributed by atoms with van der Waals surface area (Å²) in [7, 11) is 0. The molecular weight excluding hydrogens is 130 g/mol. The Morgan fingerprint density at radius 2 is 2.60 bits per heavy atom. The lowest BCUT2D eigenvalue weighted by Crippen LogP contribution is -2.74. The van der Waals surface area contributed by atoms with Crippen molar-refractivity contribution < 1.29 is 9.53 Å². The van der Waals surface area contributed by atoms with Gasteiger partial charge in [-0.25, -0.2) is 0 Å². The van der Waals surface area contributed by atoms with Gasteiger partial charge in [-0.15, -0.1) is 0 Å². The van der Waals surface area contributed by atoms with Gasteiger partial charge in [-0.1, -0.05) is 0 Å². The van der Waals surface area contributed by atoms with Crippen molar-refractivity contribution >= 4 is 5.91 Å². The molecule has 3 fully saturated rings. The average molecular weight is 139 g/mol. The summed E-state index contributed by atoms with van der Waals surface area (Å²) in [6.07, 6.45) is 1.65. The Kier molecular flexibility index (Phi) is 0.632. The van der Waals surface area contributed by atoms with E-state index in [1.54, 1.807) is 0 Å². The summed E-state index contributed by atoms with van der Waals surface area (Å²) in [5.74, 6) is 0.968. The number of rotatable bonds is 0. The second-order valence-electron chi connectivity index (χ2n) is 3.36. The minimum atomic E-state index is -0.0723. The van der Waals surface area contributed by atoms with E-state index in [1.165, 1.54) is 0 Å². The molecule has 0 saturated carbocycles. The fraction of sp³-hybridized carbons (Fsp3) is 0.857. The maximum Gasteiger partial charge on any atom is 0.225 e. The molecule has 1 spiro atoms. The van der Waals surface area contributed by atoms with Crippen molar-refractivity contribution in [2.24, 2.45) is 5.92 Å². The summed E-state index contributed by atoms with van der Waals surface area (Å²) in [5, 5.41) is 0. The fourth-order valence-corrected chi connectivity index (χ4v) is 2.29. The van der Waals surface area contributed by atoms with Crippen LogP contribution in [-0.2, 0) is 9.53 Å². The van der Waals surface area contributed by atoms with Crippen LogP contribution in [-0.4, -0.2) is 29.7 Å². The summed E-state index contributed by atoms with van der Waals surface area (Å²) in [6.45, 7) is 1.84. The zero-order valence-electron chi connectivity index (χ0n) is 5.67. The number of nitrogens with zero attached hydrogens (tertiary/aromatic N) is 1. The molecule has 2 atom stereocenters. The molecule has 3 aliphatic rings. The number of carbonyl (C=O) groups is 1. The molecule has 3 saturated heterocycles. The Morgan fingerprint density at radius 3 is 3.00 bits per heavy atom. The molecule has 0 bridgehead atoms. The fourth-order valence-electron chi connectivity index (χ4n) is 2.29. The lowest BCUT2D eigenvalue weighted by molar-refractivity contribution is -0.330. The molecule has 0 aliphatic carbocycles. The quantitative estimate of drug-likeness (QED) is 0.471. The van der Waals surface area contributed by atoms with Gasteiger partial charge in [0.25, 0.3) is 0 Å².